The Labute approximate surface area is 131 Å². The molecule has 2 atom stereocenters. The molecule has 1 spiro atoms. The summed E-state index contributed by atoms with van der Waals surface area (Å²) < 4.78 is 31.2. The van der Waals surface area contributed by atoms with E-state index in [0.717, 1.165) is 6.54 Å². The van der Waals surface area contributed by atoms with Gasteiger partial charge in [0.2, 0.25) is 16.0 Å². The monoisotopic (exact) mass is 326 g/mol. The van der Waals surface area contributed by atoms with Gasteiger partial charge >= 0.3 is 0 Å². The lowest BCUT2D eigenvalue weighted by Crippen LogP contribution is -2.45. The smallest absolute Gasteiger partial charge is 0.225 e. The second-order valence-electron chi connectivity index (χ2n) is 6.34. The van der Waals surface area contributed by atoms with Gasteiger partial charge in [-0.3, -0.25) is 0 Å². The van der Waals surface area contributed by atoms with Crippen LogP contribution in [0.15, 0.2) is 18.5 Å². The third-order valence-electron chi connectivity index (χ3n) is 4.72. The third-order valence-corrected chi connectivity index (χ3v) is 5.96. The average molecular weight is 326 g/mol. The van der Waals surface area contributed by atoms with E-state index >= 15 is 0 Å². The van der Waals surface area contributed by atoms with Gasteiger partial charge in [-0.1, -0.05) is 6.92 Å². The largest absolute Gasteiger partial charge is 0.379 e. The molecule has 0 saturated carbocycles. The SMILES string of the molecule is C[C@@H]1CN(c2ncccn2)C[C@]12COCCN(S(C)(=O)=O)C2. The van der Waals surface area contributed by atoms with Gasteiger partial charge in [-0.25, -0.2) is 18.4 Å². The molecule has 3 rings (SSSR count). The zero-order chi connectivity index (χ0) is 15.8. The summed E-state index contributed by atoms with van der Waals surface area (Å²) in [5.74, 6) is 1.00. The van der Waals surface area contributed by atoms with Gasteiger partial charge in [0, 0.05) is 44.0 Å². The Morgan fingerprint density at radius 2 is 2.05 bits per heavy atom. The van der Waals surface area contributed by atoms with E-state index in [9.17, 15) is 8.42 Å². The van der Waals surface area contributed by atoms with Gasteiger partial charge in [0.05, 0.1) is 19.5 Å². The van der Waals surface area contributed by atoms with Crippen molar-refractivity contribution in [3.63, 3.8) is 0 Å². The van der Waals surface area contributed by atoms with Gasteiger partial charge in [0.15, 0.2) is 0 Å². The Hall–Kier alpha value is -1.25. The minimum atomic E-state index is -3.21. The molecule has 0 radical (unpaired) electrons. The summed E-state index contributed by atoms with van der Waals surface area (Å²) in [4.78, 5) is 10.7. The second kappa shape index (κ2) is 5.75. The molecule has 0 bridgehead atoms. The van der Waals surface area contributed by atoms with Crippen LogP contribution in [-0.4, -0.2) is 68.3 Å². The van der Waals surface area contributed by atoms with Crippen molar-refractivity contribution in [3.8, 4) is 0 Å². The van der Waals surface area contributed by atoms with Crippen molar-refractivity contribution in [3.05, 3.63) is 18.5 Å². The van der Waals surface area contributed by atoms with Gasteiger partial charge in [-0.2, -0.15) is 4.31 Å². The normalized spacial score (nSPS) is 30.6. The predicted molar refractivity (Wildman–Crippen MR) is 83.1 cm³/mol. The first-order valence-electron chi connectivity index (χ1n) is 7.46. The summed E-state index contributed by atoms with van der Waals surface area (Å²) in [6, 6.07) is 1.79. The van der Waals surface area contributed by atoms with Crippen LogP contribution in [0.25, 0.3) is 0 Å². The first kappa shape index (κ1) is 15.6. The molecule has 8 heteroatoms. The summed E-state index contributed by atoms with van der Waals surface area (Å²) in [5.41, 5.74) is -0.210. The highest BCUT2D eigenvalue weighted by atomic mass is 32.2. The maximum absolute atomic E-state index is 12.0. The minimum Gasteiger partial charge on any atom is -0.379 e. The molecule has 3 heterocycles. The van der Waals surface area contributed by atoms with Crippen LogP contribution in [0, 0.1) is 11.3 Å². The molecule has 1 aromatic rings. The summed E-state index contributed by atoms with van der Waals surface area (Å²) in [6.45, 7) is 5.62. The highest BCUT2D eigenvalue weighted by Gasteiger charge is 2.48. The fraction of sp³-hybridized carbons (Fsp3) is 0.714. The Kier molecular flexibility index (Phi) is 4.09. The van der Waals surface area contributed by atoms with Crippen molar-refractivity contribution in [1.29, 1.82) is 0 Å². The lowest BCUT2D eigenvalue weighted by Gasteiger charge is -2.33. The molecule has 2 saturated heterocycles. The van der Waals surface area contributed by atoms with Crippen LogP contribution in [0.1, 0.15) is 6.92 Å². The number of anilines is 1. The molecule has 7 nitrogen and oxygen atoms in total. The Balaban J connectivity index is 1.85. The van der Waals surface area contributed by atoms with E-state index in [4.69, 9.17) is 4.74 Å². The fourth-order valence-corrected chi connectivity index (χ4v) is 4.22. The summed E-state index contributed by atoms with van der Waals surface area (Å²) >= 11 is 0. The molecule has 22 heavy (non-hydrogen) atoms. The summed E-state index contributed by atoms with van der Waals surface area (Å²) in [6.07, 6.45) is 4.72. The highest BCUT2D eigenvalue weighted by Crippen LogP contribution is 2.39. The zero-order valence-corrected chi connectivity index (χ0v) is 13.8. The Morgan fingerprint density at radius 3 is 2.73 bits per heavy atom. The third kappa shape index (κ3) is 2.95. The maximum atomic E-state index is 12.0. The molecule has 2 aliphatic rings. The van der Waals surface area contributed by atoms with Crippen LogP contribution < -0.4 is 4.90 Å². The first-order chi connectivity index (χ1) is 10.4. The lowest BCUT2D eigenvalue weighted by atomic mass is 9.80. The lowest BCUT2D eigenvalue weighted by molar-refractivity contribution is 0.0582. The molecular weight excluding hydrogens is 304 g/mol. The van der Waals surface area contributed by atoms with E-state index in [1.807, 2.05) is 0 Å². The molecule has 0 N–H and O–H groups in total. The van der Waals surface area contributed by atoms with E-state index in [1.54, 1.807) is 22.8 Å². The van der Waals surface area contributed by atoms with Crippen molar-refractivity contribution in [1.82, 2.24) is 14.3 Å². The molecule has 1 aromatic heterocycles. The number of ether oxygens (including phenoxy) is 1. The molecule has 0 unspecified atom stereocenters. The molecule has 2 aliphatic heterocycles. The van der Waals surface area contributed by atoms with Crippen LogP contribution in [-0.2, 0) is 14.8 Å². The van der Waals surface area contributed by atoms with E-state index in [2.05, 4.69) is 21.8 Å². The topological polar surface area (TPSA) is 75.6 Å². The van der Waals surface area contributed by atoms with Gasteiger partial charge in [0.25, 0.3) is 0 Å². The minimum absolute atomic E-state index is 0.210. The van der Waals surface area contributed by atoms with Gasteiger partial charge in [-0.15, -0.1) is 0 Å². The molecule has 122 valence electrons. The van der Waals surface area contributed by atoms with Crippen LogP contribution >= 0.6 is 0 Å². The van der Waals surface area contributed by atoms with Crippen LogP contribution in [0.5, 0.6) is 0 Å². The van der Waals surface area contributed by atoms with E-state index < -0.39 is 10.0 Å². The number of aromatic nitrogens is 2. The van der Waals surface area contributed by atoms with Crippen molar-refractivity contribution in [2.75, 3.05) is 50.5 Å². The molecular formula is C14H22N4O3S. The van der Waals surface area contributed by atoms with Crippen LogP contribution in [0.4, 0.5) is 5.95 Å². The Morgan fingerprint density at radius 1 is 1.32 bits per heavy atom. The van der Waals surface area contributed by atoms with Gasteiger partial charge < -0.3 is 9.64 Å². The number of hydrogen-bond acceptors (Lipinski definition) is 6. The summed E-state index contributed by atoms with van der Waals surface area (Å²) in [7, 11) is -3.21. The summed E-state index contributed by atoms with van der Waals surface area (Å²) in [5, 5.41) is 0. The second-order valence-corrected chi connectivity index (χ2v) is 8.32. The predicted octanol–water partition coefficient (Wildman–Crippen LogP) is 0.211. The quantitative estimate of drug-likeness (QED) is 0.773. The Bertz CT molecular complexity index is 624. The first-order valence-corrected chi connectivity index (χ1v) is 9.30. The number of hydrogen-bond donors (Lipinski definition) is 0. The number of nitrogens with zero attached hydrogens (tertiary/aromatic N) is 4. The van der Waals surface area contributed by atoms with E-state index in [0.29, 0.717) is 44.7 Å². The van der Waals surface area contributed by atoms with Crippen LogP contribution in [0.2, 0.25) is 0 Å². The molecule has 0 amide bonds. The number of rotatable bonds is 2. The van der Waals surface area contributed by atoms with E-state index in [-0.39, 0.29) is 5.41 Å². The van der Waals surface area contributed by atoms with E-state index in [1.165, 1.54) is 6.26 Å². The maximum Gasteiger partial charge on any atom is 0.225 e. The molecule has 0 aliphatic carbocycles. The highest BCUT2D eigenvalue weighted by molar-refractivity contribution is 7.88. The molecule has 2 fully saturated rings. The average Bonchev–Trinajstić information content (AvgIpc) is 2.66. The van der Waals surface area contributed by atoms with Gasteiger partial charge in [-0.05, 0) is 12.0 Å². The standard InChI is InChI=1S/C14H22N4O3S/c1-12-8-17(13-15-4-3-5-16-13)9-14(12)10-18(22(2,19)20)6-7-21-11-14/h3-5,12H,6-11H2,1-2H3/t12-,14+/m1/s1. The van der Waals surface area contributed by atoms with Gasteiger partial charge in [0.1, 0.15) is 0 Å². The van der Waals surface area contributed by atoms with Crippen molar-refractivity contribution in [2.45, 2.75) is 6.92 Å². The van der Waals surface area contributed by atoms with Crippen LogP contribution in [0.3, 0.4) is 0 Å². The fourth-order valence-electron chi connectivity index (χ4n) is 3.33. The molecule has 0 aromatic carbocycles. The van der Waals surface area contributed by atoms with Crippen molar-refractivity contribution >= 4 is 16.0 Å². The zero-order valence-electron chi connectivity index (χ0n) is 13.0. The number of sulfonamides is 1. The van der Waals surface area contributed by atoms with Crippen molar-refractivity contribution in [2.24, 2.45) is 11.3 Å². The van der Waals surface area contributed by atoms with Crippen molar-refractivity contribution < 1.29 is 13.2 Å².